The Hall–Kier alpha value is -2.16. The number of hydrogen-bond acceptors (Lipinski definition) is 4. The number of nitrogens with zero attached hydrogens (tertiary/aromatic N) is 1. The summed E-state index contributed by atoms with van der Waals surface area (Å²) in [6.07, 6.45) is 1.64. The molecule has 5 heteroatoms. The number of amides is 1. The molecule has 4 nitrogen and oxygen atoms in total. The molecule has 0 spiro atoms. The van der Waals surface area contributed by atoms with Gasteiger partial charge < -0.3 is 10.4 Å². The third-order valence-electron chi connectivity index (χ3n) is 2.33. The molecule has 0 saturated heterocycles. The number of aliphatic hydroxyl groups excluding tert-OH is 1. The van der Waals surface area contributed by atoms with Gasteiger partial charge in [-0.2, -0.15) is 0 Å². The fourth-order valence-electron chi connectivity index (χ4n) is 1.50. The van der Waals surface area contributed by atoms with E-state index in [2.05, 4.69) is 22.1 Å². The fourth-order valence-corrected chi connectivity index (χ4v) is 2.24. The van der Waals surface area contributed by atoms with Crippen LogP contribution in [0.1, 0.15) is 20.8 Å². The van der Waals surface area contributed by atoms with E-state index in [4.69, 9.17) is 5.11 Å². The second kappa shape index (κ2) is 6.14. The van der Waals surface area contributed by atoms with Gasteiger partial charge in [0.15, 0.2) is 0 Å². The maximum absolute atomic E-state index is 12.1. The van der Waals surface area contributed by atoms with E-state index in [-0.39, 0.29) is 12.5 Å². The molecule has 0 atom stereocenters. The smallest absolute Gasteiger partial charge is 0.268 e. The van der Waals surface area contributed by atoms with Crippen molar-refractivity contribution >= 4 is 23.1 Å². The van der Waals surface area contributed by atoms with Gasteiger partial charge in [-0.25, -0.2) is 4.98 Å². The Labute approximate surface area is 115 Å². The van der Waals surface area contributed by atoms with Gasteiger partial charge in [0.25, 0.3) is 5.91 Å². The highest BCUT2D eigenvalue weighted by Crippen LogP contribution is 2.17. The third kappa shape index (κ3) is 3.41. The Morgan fingerprint density at radius 1 is 1.53 bits per heavy atom. The fraction of sp³-hybridized carbons (Fsp3) is 0.143. The molecule has 0 aliphatic rings. The number of hydrogen-bond donors (Lipinski definition) is 2. The number of nitrogens with one attached hydrogen (secondary N) is 1. The number of carbonyl (C=O) groups is 1. The normalized spacial score (nSPS) is 9.58. The summed E-state index contributed by atoms with van der Waals surface area (Å²) in [5.74, 6) is 5.56. The summed E-state index contributed by atoms with van der Waals surface area (Å²) in [6, 6.07) is 5.41. The van der Waals surface area contributed by atoms with Crippen LogP contribution in [0.25, 0.3) is 0 Å². The van der Waals surface area contributed by atoms with Crippen LogP contribution in [-0.4, -0.2) is 22.6 Å². The Morgan fingerprint density at radius 2 is 2.37 bits per heavy atom. The van der Waals surface area contributed by atoms with Gasteiger partial charge in [-0.1, -0.05) is 11.8 Å². The van der Waals surface area contributed by atoms with Gasteiger partial charge >= 0.3 is 0 Å². The van der Waals surface area contributed by atoms with E-state index < -0.39 is 0 Å². The first-order chi connectivity index (χ1) is 9.20. The van der Waals surface area contributed by atoms with Crippen molar-refractivity contribution in [3.63, 3.8) is 0 Å². The minimum absolute atomic E-state index is 0.226. The summed E-state index contributed by atoms with van der Waals surface area (Å²) < 4.78 is 0. The van der Waals surface area contributed by atoms with Crippen LogP contribution < -0.4 is 5.32 Å². The molecule has 2 aromatic rings. The zero-order chi connectivity index (χ0) is 13.7. The number of aromatic nitrogens is 1. The second-order valence-electron chi connectivity index (χ2n) is 3.80. The number of rotatable bonds is 2. The summed E-state index contributed by atoms with van der Waals surface area (Å²) in [6.45, 7) is 1.71. The molecule has 0 bridgehead atoms. The second-order valence-corrected chi connectivity index (χ2v) is 4.71. The van der Waals surface area contributed by atoms with E-state index in [0.717, 1.165) is 5.56 Å². The average Bonchev–Trinajstić information content (AvgIpc) is 2.84. The quantitative estimate of drug-likeness (QED) is 0.822. The first-order valence-corrected chi connectivity index (χ1v) is 6.50. The van der Waals surface area contributed by atoms with Crippen molar-refractivity contribution in [2.24, 2.45) is 0 Å². The highest BCUT2D eigenvalue weighted by Gasteiger charge is 2.12. The highest BCUT2D eigenvalue weighted by molar-refractivity contribution is 7.12. The molecule has 2 N–H and O–H groups in total. The monoisotopic (exact) mass is 272 g/mol. The lowest BCUT2D eigenvalue weighted by atomic mass is 10.2. The minimum Gasteiger partial charge on any atom is -0.384 e. The largest absolute Gasteiger partial charge is 0.384 e. The maximum Gasteiger partial charge on any atom is 0.268 e. The molecule has 0 aromatic carbocycles. The molecule has 0 aliphatic heterocycles. The number of carbonyl (C=O) groups excluding carboxylic acids is 1. The van der Waals surface area contributed by atoms with E-state index in [1.165, 1.54) is 11.3 Å². The van der Waals surface area contributed by atoms with Crippen LogP contribution in [0.5, 0.6) is 0 Å². The van der Waals surface area contributed by atoms with Crippen molar-refractivity contribution in [3.8, 4) is 11.8 Å². The molecule has 0 unspecified atom stereocenters. The standard InChI is InChI=1S/C14H12N2O2S/c1-10-4-6-15-12(9-10)16-14(18)13-11(3-2-7-17)5-8-19-13/h4-6,8-9,17H,7H2,1H3,(H,15,16,18). The van der Waals surface area contributed by atoms with Gasteiger partial charge in [-0.15, -0.1) is 11.3 Å². The average molecular weight is 272 g/mol. The first-order valence-electron chi connectivity index (χ1n) is 5.62. The molecule has 0 fully saturated rings. The van der Waals surface area contributed by atoms with Crippen molar-refractivity contribution < 1.29 is 9.90 Å². The highest BCUT2D eigenvalue weighted by atomic mass is 32.1. The van der Waals surface area contributed by atoms with Gasteiger partial charge in [0.2, 0.25) is 0 Å². The number of anilines is 1. The lowest BCUT2D eigenvalue weighted by molar-refractivity contribution is 0.103. The summed E-state index contributed by atoms with van der Waals surface area (Å²) in [5.41, 5.74) is 1.64. The van der Waals surface area contributed by atoms with Gasteiger partial charge in [0, 0.05) is 11.8 Å². The molecule has 0 saturated carbocycles. The number of aryl methyl sites for hydroxylation is 1. The Morgan fingerprint density at radius 3 is 3.11 bits per heavy atom. The van der Waals surface area contributed by atoms with Crippen LogP contribution >= 0.6 is 11.3 Å². The molecule has 2 heterocycles. The predicted molar refractivity (Wildman–Crippen MR) is 75.2 cm³/mol. The first kappa shape index (κ1) is 13.3. The lowest BCUT2D eigenvalue weighted by Crippen LogP contribution is -2.12. The summed E-state index contributed by atoms with van der Waals surface area (Å²) in [5, 5.41) is 13.2. The molecule has 96 valence electrons. The van der Waals surface area contributed by atoms with Crippen molar-refractivity contribution in [3.05, 3.63) is 45.8 Å². The molecule has 1 amide bonds. The SMILES string of the molecule is Cc1ccnc(NC(=O)c2sccc2C#CCO)c1. The Balaban J connectivity index is 2.19. The van der Waals surface area contributed by atoms with E-state index in [1.807, 2.05) is 13.0 Å². The lowest BCUT2D eigenvalue weighted by Gasteiger charge is -2.03. The van der Waals surface area contributed by atoms with Gasteiger partial charge in [-0.05, 0) is 36.1 Å². The van der Waals surface area contributed by atoms with Crippen LogP contribution in [0.15, 0.2) is 29.8 Å². The topological polar surface area (TPSA) is 62.2 Å². The molecule has 19 heavy (non-hydrogen) atoms. The van der Waals surface area contributed by atoms with Crippen LogP contribution in [0.4, 0.5) is 5.82 Å². The van der Waals surface area contributed by atoms with E-state index in [0.29, 0.717) is 16.3 Å². The van der Waals surface area contributed by atoms with Crippen molar-refractivity contribution in [1.29, 1.82) is 0 Å². The van der Waals surface area contributed by atoms with Crippen molar-refractivity contribution in [2.45, 2.75) is 6.92 Å². The number of thiophene rings is 1. The Bertz CT molecular complexity index is 653. The number of aliphatic hydroxyl groups is 1. The van der Waals surface area contributed by atoms with E-state index >= 15 is 0 Å². The summed E-state index contributed by atoms with van der Waals surface area (Å²) >= 11 is 1.31. The minimum atomic E-state index is -0.240. The van der Waals surface area contributed by atoms with Gasteiger partial charge in [0.1, 0.15) is 17.3 Å². The molecule has 0 aliphatic carbocycles. The summed E-state index contributed by atoms with van der Waals surface area (Å²) in [7, 11) is 0. The Kier molecular flexibility index (Phi) is 4.29. The van der Waals surface area contributed by atoms with Gasteiger partial charge in [0.05, 0.1) is 0 Å². The van der Waals surface area contributed by atoms with Crippen LogP contribution in [0.3, 0.4) is 0 Å². The van der Waals surface area contributed by atoms with Crippen molar-refractivity contribution in [1.82, 2.24) is 4.98 Å². The van der Waals surface area contributed by atoms with Gasteiger partial charge in [-0.3, -0.25) is 4.79 Å². The van der Waals surface area contributed by atoms with E-state index in [9.17, 15) is 4.79 Å². The third-order valence-corrected chi connectivity index (χ3v) is 3.24. The van der Waals surface area contributed by atoms with Crippen LogP contribution in [-0.2, 0) is 0 Å². The molecular formula is C14H12N2O2S. The molecule has 0 radical (unpaired) electrons. The summed E-state index contributed by atoms with van der Waals surface area (Å²) in [4.78, 5) is 16.7. The predicted octanol–water partition coefficient (Wildman–Crippen LogP) is 2.05. The zero-order valence-electron chi connectivity index (χ0n) is 10.3. The zero-order valence-corrected chi connectivity index (χ0v) is 11.1. The molecular weight excluding hydrogens is 260 g/mol. The molecule has 2 rings (SSSR count). The maximum atomic E-state index is 12.1. The number of pyridine rings is 1. The molecule has 2 aromatic heterocycles. The van der Waals surface area contributed by atoms with Crippen molar-refractivity contribution in [2.75, 3.05) is 11.9 Å². The van der Waals surface area contributed by atoms with Crippen LogP contribution in [0, 0.1) is 18.8 Å². The van der Waals surface area contributed by atoms with E-state index in [1.54, 1.807) is 23.7 Å². The van der Waals surface area contributed by atoms with Crippen LogP contribution in [0.2, 0.25) is 0 Å².